The molecule has 0 spiro atoms. The Morgan fingerprint density at radius 3 is 2.41 bits per heavy atom. The number of carbonyl (C=O) groups is 1. The van der Waals surface area contributed by atoms with Gasteiger partial charge in [0.2, 0.25) is 5.75 Å². The molecule has 0 unspecified atom stereocenters. The summed E-state index contributed by atoms with van der Waals surface area (Å²) in [5.41, 5.74) is 1.27. The number of hydrogen-bond donors (Lipinski definition) is 1. The van der Waals surface area contributed by atoms with E-state index in [1.807, 2.05) is 18.2 Å². The minimum absolute atomic E-state index is 0.272. The number of pyridine rings is 1. The SMILES string of the molecule is COc1cc(C(=O)Nc2ccc(-c3nc4cnccc4s3)s2)cc(OC)c1OC. The van der Waals surface area contributed by atoms with E-state index in [-0.39, 0.29) is 5.91 Å². The second kappa shape index (κ2) is 8.06. The van der Waals surface area contributed by atoms with Gasteiger partial charge in [0.1, 0.15) is 10.5 Å². The van der Waals surface area contributed by atoms with Crippen molar-refractivity contribution in [2.75, 3.05) is 26.6 Å². The zero-order chi connectivity index (χ0) is 20.4. The Labute approximate surface area is 174 Å². The number of rotatable bonds is 6. The lowest BCUT2D eigenvalue weighted by molar-refractivity contribution is 0.102. The number of hydrogen-bond acceptors (Lipinski definition) is 8. The van der Waals surface area contributed by atoms with Gasteiger partial charge in [-0.25, -0.2) is 4.98 Å². The van der Waals surface area contributed by atoms with Crippen LogP contribution in [0.25, 0.3) is 20.1 Å². The third-order valence-corrected chi connectivity index (χ3v) is 6.38. The summed E-state index contributed by atoms with van der Waals surface area (Å²) in [4.78, 5) is 22.4. The number of thiophene rings is 1. The molecule has 0 saturated carbocycles. The highest BCUT2D eigenvalue weighted by Gasteiger charge is 2.18. The van der Waals surface area contributed by atoms with E-state index in [1.165, 1.54) is 32.7 Å². The first-order valence-electron chi connectivity index (χ1n) is 8.55. The topological polar surface area (TPSA) is 82.6 Å². The van der Waals surface area contributed by atoms with Crippen molar-refractivity contribution < 1.29 is 19.0 Å². The van der Waals surface area contributed by atoms with Gasteiger partial charge in [-0.05, 0) is 30.3 Å². The summed E-state index contributed by atoms with van der Waals surface area (Å²) in [6, 6.07) is 8.98. The van der Waals surface area contributed by atoms with Crippen molar-refractivity contribution in [3.05, 3.63) is 48.3 Å². The van der Waals surface area contributed by atoms with Gasteiger partial charge in [0.05, 0.1) is 42.1 Å². The van der Waals surface area contributed by atoms with Crippen molar-refractivity contribution in [3.8, 4) is 27.1 Å². The van der Waals surface area contributed by atoms with Gasteiger partial charge in [-0.3, -0.25) is 9.78 Å². The number of ether oxygens (including phenoxy) is 3. The molecule has 0 bridgehead atoms. The van der Waals surface area contributed by atoms with E-state index in [0.717, 1.165) is 25.1 Å². The molecule has 0 aliphatic heterocycles. The maximum absolute atomic E-state index is 12.8. The molecule has 0 aliphatic rings. The molecular formula is C20H17N3O4S2. The normalized spacial score (nSPS) is 10.7. The van der Waals surface area contributed by atoms with E-state index in [0.29, 0.717) is 22.8 Å². The number of benzene rings is 1. The lowest BCUT2D eigenvalue weighted by atomic mass is 10.1. The van der Waals surface area contributed by atoms with E-state index in [2.05, 4.69) is 15.3 Å². The fourth-order valence-corrected chi connectivity index (χ4v) is 4.69. The zero-order valence-electron chi connectivity index (χ0n) is 15.9. The molecule has 0 radical (unpaired) electrons. The summed E-state index contributed by atoms with van der Waals surface area (Å²) in [6.07, 6.45) is 3.50. The molecule has 29 heavy (non-hydrogen) atoms. The highest BCUT2D eigenvalue weighted by molar-refractivity contribution is 7.26. The second-order valence-corrected chi connectivity index (χ2v) is 8.01. The maximum Gasteiger partial charge on any atom is 0.256 e. The average molecular weight is 428 g/mol. The average Bonchev–Trinajstić information content (AvgIpc) is 3.39. The summed E-state index contributed by atoms with van der Waals surface area (Å²) in [7, 11) is 4.54. The van der Waals surface area contributed by atoms with Gasteiger partial charge in [0, 0.05) is 11.8 Å². The van der Waals surface area contributed by atoms with E-state index in [1.54, 1.807) is 35.9 Å². The third-order valence-electron chi connectivity index (χ3n) is 4.17. The molecule has 1 aromatic carbocycles. The number of nitrogens with one attached hydrogen (secondary N) is 1. The standard InChI is InChI=1S/C20H17N3O4S2/c1-25-13-8-11(9-14(26-2)18(13)27-3)19(24)23-17-5-4-16(28-17)20-22-12-10-21-7-6-15(12)29-20/h4-10H,1-3H3,(H,23,24). The number of thiazole rings is 1. The highest BCUT2D eigenvalue weighted by Crippen LogP contribution is 2.39. The van der Waals surface area contributed by atoms with Crippen molar-refractivity contribution in [1.82, 2.24) is 9.97 Å². The number of aromatic nitrogens is 2. The minimum Gasteiger partial charge on any atom is -0.493 e. The predicted molar refractivity (Wildman–Crippen MR) is 115 cm³/mol. The van der Waals surface area contributed by atoms with Crippen LogP contribution in [0.2, 0.25) is 0 Å². The van der Waals surface area contributed by atoms with Crippen LogP contribution in [0.15, 0.2) is 42.7 Å². The van der Waals surface area contributed by atoms with Crippen LogP contribution in [-0.2, 0) is 0 Å². The molecule has 0 saturated heterocycles. The van der Waals surface area contributed by atoms with Crippen molar-refractivity contribution in [2.24, 2.45) is 0 Å². The maximum atomic E-state index is 12.8. The predicted octanol–water partition coefficient (Wildman–Crippen LogP) is 4.70. The Kier molecular flexibility index (Phi) is 5.32. The van der Waals surface area contributed by atoms with Gasteiger partial charge in [-0.15, -0.1) is 22.7 Å². The number of methoxy groups -OCH3 is 3. The Balaban J connectivity index is 1.58. The summed E-state index contributed by atoms with van der Waals surface area (Å²) >= 11 is 3.05. The van der Waals surface area contributed by atoms with E-state index in [9.17, 15) is 4.79 Å². The number of fused-ring (bicyclic) bond motifs is 1. The van der Waals surface area contributed by atoms with Crippen molar-refractivity contribution in [2.45, 2.75) is 0 Å². The van der Waals surface area contributed by atoms with E-state index < -0.39 is 0 Å². The lowest BCUT2D eigenvalue weighted by Crippen LogP contribution is -2.11. The molecule has 3 heterocycles. The van der Waals surface area contributed by atoms with Crippen molar-refractivity contribution in [1.29, 1.82) is 0 Å². The van der Waals surface area contributed by atoms with Crippen LogP contribution in [-0.4, -0.2) is 37.2 Å². The molecule has 9 heteroatoms. The molecule has 0 atom stereocenters. The Hall–Kier alpha value is -3.17. The van der Waals surface area contributed by atoms with E-state index in [4.69, 9.17) is 14.2 Å². The molecule has 7 nitrogen and oxygen atoms in total. The molecular weight excluding hydrogens is 410 g/mol. The summed E-state index contributed by atoms with van der Waals surface area (Å²) < 4.78 is 17.0. The van der Waals surface area contributed by atoms with Gasteiger partial charge in [0.25, 0.3) is 5.91 Å². The highest BCUT2D eigenvalue weighted by atomic mass is 32.1. The molecule has 148 valence electrons. The summed E-state index contributed by atoms with van der Waals surface area (Å²) in [5, 5.41) is 4.53. The monoisotopic (exact) mass is 427 g/mol. The molecule has 1 amide bonds. The van der Waals surface area contributed by atoms with Crippen LogP contribution in [0, 0.1) is 0 Å². The summed E-state index contributed by atoms with van der Waals surface area (Å²) in [5.74, 6) is 1.01. The molecule has 4 rings (SSSR count). The number of nitrogens with zero attached hydrogens (tertiary/aromatic N) is 2. The second-order valence-electron chi connectivity index (χ2n) is 5.89. The van der Waals surface area contributed by atoms with Gasteiger partial charge in [-0.2, -0.15) is 0 Å². The Morgan fingerprint density at radius 1 is 1.00 bits per heavy atom. The first kappa shape index (κ1) is 19.2. The van der Waals surface area contributed by atoms with Crippen LogP contribution in [0.5, 0.6) is 17.2 Å². The molecule has 0 fully saturated rings. The first-order chi connectivity index (χ1) is 14.1. The van der Waals surface area contributed by atoms with Crippen LogP contribution < -0.4 is 19.5 Å². The van der Waals surface area contributed by atoms with Crippen molar-refractivity contribution in [3.63, 3.8) is 0 Å². The third kappa shape index (κ3) is 3.74. The molecule has 4 aromatic rings. The van der Waals surface area contributed by atoms with Crippen LogP contribution in [0.1, 0.15) is 10.4 Å². The van der Waals surface area contributed by atoms with Crippen LogP contribution >= 0.6 is 22.7 Å². The number of carbonyl (C=O) groups excluding carboxylic acids is 1. The van der Waals surface area contributed by atoms with Crippen LogP contribution in [0.4, 0.5) is 5.00 Å². The van der Waals surface area contributed by atoms with Gasteiger partial charge < -0.3 is 19.5 Å². The van der Waals surface area contributed by atoms with Gasteiger partial charge in [0.15, 0.2) is 11.5 Å². The van der Waals surface area contributed by atoms with Crippen LogP contribution in [0.3, 0.4) is 0 Å². The van der Waals surface area contributed by atoms with Crippen molar-refractivity contribution >= 4 is 43.8 Å². The smallest absolute Gasteiger partial charge is 0.256 e. The van der Waals surface area contributed by atoms with E-state index >= 15 is 0 Å². The zero-order valence-corrected chi connectivity index (χ0v) is 17.5. The minimum atomic E-state index is -0.272. The van der Waals surface area contributed by atoms with Gasteiger partial charge in [-0.1, -0.05) is 0 Å². The largest absolute Gasteiger partial charge is 0.493 e. The number of anilines is 1. The quantitative estimate of drug-likeness (QED) is 0.480. The fraction of sp³-hybridized carbons (Fsp3) is 0.150. The first-order valence-corrected chi connectivity index (χ1v) is 10.2. The Bertz CT molecular complexity index is 1130. The summed E-state index contributed by atoms with van der Waals surface area (Å²) in [6.45, 7) is 0. The fourth-order valence-electron chi connectivity index (χ4n) is 2.80. The molecule has 3 aromatic heterocycles. The Morgan fingerprint density at radius 2 is 1.76 bits per heavy atom. The lowest BCUT2D eigenvalue weighted by Gasteiger charge is -2.13. The number of amides is 1. The molecule has 1 N–H and O–H groups in total. The van der Waals surface area contributed by atoms with Gasteiger partial charge >= 0.3 is 0 Å². The molecule has 0 aliphatic carbocycles.